The van der Waals surface area contributed by atoms with Crippen LogP contribution in [0.4, 0.5) is 0 Å². The van der Waals surface area contributed by atoms with Gasteiger partial charge in [0.05, 0.1) is 0 Å². The van der Waals surface area contributed by atoms with Gasteiger partial charge in [-0.3, -0.25) is 0 Å². The lowest BCUT2D eigenvalue weighted by Crippen LogP contribution is -2.46. The zero-order valence-electron chi connectivity index (χ0n) is 11.0. The Hall–Kier alpha value is -0.0800. The monoisotopic (exact) mass is 224 g/mol. The van der Waals surface area contributed by atoms with Gasteiger partial charge in [0.25, 0.3) is 0 Å². The van der Waals surface area contributed by atoms with E-state index in [0.29, 0.717) is 0 Å². The van der Waals surface area contributed by atoms with Gasteiger partial charge in [-0.25, -0.2) is 0 Å². The average molecular weight is 224 g/mol. The minimum Gasteiger partial charge on any atom is -0.311 e. The molecule has 2 nitrogen and oxygen atoms in total. The molecule has 1 aliphatic heterocycles. The van der Waals surface area contributed by atoms with Crippen molar-refractivity contribution in [2.75, 3.05) is 19.6 Å². The Labute approximate surface area is 101 Å². The molecule has 0 aromatic rings. The quantitative estimate of drug-likeness (QED) is 0.746. The lowest BCUT2D eigenvalue weighted by Gasteiger charge is -2.34. The molecule has 1 heterocycles. The first-order chi connectivity index (χ1) is 7.81. The summed E-state index contributed by atoms with van der Waals surface area (Å²) < 4.78 is 0. The Bertz CT molecular complexity index is 189. The molecule has 0 atom stereocenters. The molecule has 0 bridgehead atoms. The number of nitrogens with zero attached hydrogens (tertiary/aromatic N) is 1. The first-order valence-corrected chi connectivity index (χ1v) is 7.30. The van der Waals surface area contributed by atoms with Crippen molar-refractivity contribution in [2.45, 2.75) is 64.5 Å². The Morgan fingerprint density at radius 3 is 2.19 bits per heavy atom. The highest BCUT2D eigenvalue weighted by atomic mass is 15.1. The fraction of sp³-hybridized carbons (Fsp3) is 1.00. The fourth-order valence-corrected chi connectivity index (χ4v) is 2.81. The van der Waals surface area contributed by atoms with E-state index < -0.39 is 0 Å². The third kappa shape index (κ3) is 3.74. The standard InChI is InChI=1S/C14H28N2/c1-3-13(4-2)15-14-7-9-16(10-8-14)11-12-5-6-12/h12-15H,3-11H2,1-2H3. The lowest BCUT2D eigenvalue weighted by molar-refractivity contribution is 0.183. The van der Waals surface area contributed by atoms with Gasteiger partial charge in [0.1, 0.15) is 0 Å². The minimum atomic E-state index is 0.750. The van der Waals surface area contributed by atoms with E-state index >= 15 is 0 Å². The molecule has 2 rings (SSSR count). The largest absolute Gasteiger partial charge is 0.311 e. The molecule has 1 aliphatic carbocycles. The van der Waals surface area contributed by atoms with Crippen molar-refractivity contribution in [3.05, 3.63) is 0 Å². The van der Waals surface area contributed by atoms with Gasteiger partial charge in [-0.15, -0.1) is 0 Å². The van der Waals surface area contributed by atoms with Crippen molar-refractivity contribution in [3.8, 4) is 0 Å². The summed E-state index contributed by atoms with van der Waals surface area (Å²) in [6.07, 6.45) is 8.27. The molecule has 2 heteroatoms. The maximum absolute atomic E-state index is 3.82. The molecule has 2 fully saturated rings. The zero-order chi connectivity index (χ0) is 11.4. The molecule has 0 aromatic carbocycles. The number of rotatable bonds is 6. The summed E-state index contributed by atoms with van der Waals surface area (Å²) in [5.74, 6) is 1.06. The third-order valence-corrected chi connectivity index (χ3v) is 4.26. The van der Waals surface area contributed by atoms with Gasteiger partial charge < -0.3 is 10.2 Å². The topological polar surface area (TPSA) is 15.3 Å². The normalized spacial score (nSPS) is 24.2. The second-order valence-corrected chi connectivity index (χ2v) is 5.70. The average Bonchev–Trinajstić information content (AvgIpc) is 3.12. The van der Waals surface area contributed by atoms with Crippen LogP contribution in [0.15, 0.2) is 0 Å². The predicted molar refractivity (Wildman–Crippen MR) is 69.7 cm³/mol. The van der Waals surface area contributed by atoms with E-state index in [1.807, 2.05) is 0 Å². The first kappa shape index (κ1) is 12.4. The van der Waals surface area contributed by atoms with E-state index in [9.17, 15) is 0 Å². The van der Waals surface area contributed by atoms with E-state index in [1.165, 1.54) is 58.2 Å². The molecule has 0 radical (unpaired) electrons. The van der Waals surface area contributed by atoms with Gasteiger partial charge in [-0.05, 0) is 57.5 Å². The lowest BCUT2D eigenvalue weighted by atomic mass is 10.0. The SMILES string of the molecule is CCC(CC)NC1CCN(CC2CC2)CC1. The van der Waals surface area contributed by atoms with Crippen molar-refractivity contribution < 1.29 is 0 Å². The van der Waals surface area contributed by atoms with E-state index in [1.54, 1.807) is 0 Å². The van der Waals surface area contributed by atoms with Crippen LogP contribution in [0, 0.1) is 5.92 Å². The number of hydrogen-bond acceptors (Lipinski definition) is 2. The number of likely N-dealkylation sites (tertiary alicyclic amines) is 1. The highest BCUT2D eigenvalue weighted by molar-refractivity contribution is 4.83. The predicted octanol–water partition coefficient (Wildman–Crippen LogP) is 2.64. The summed E-state index contributed by atoms with van der Waals surface area (Å²) in [4.78, 5) is 2.68. The summed E-state index contributed by atoms with van der Waals surface area (Å²) in [6.45, 7) is 8.63. The van der Waals surface area contributed by atoms with Gasteiger partial charge in [0.15, 0.2) is 0 Å². The van der Waals surface area contributed by atoms with Crippen molar-refractivity contribution in [2.24, 2.45) is 5.92 Å². The molecule has 1 saturated heterocycles. The third-order valence-electron chi connectivity index (χ3n) is 4.26. The van der Waals surface area contributed by atoms with Gasteiger partial charge in [-0.1, -0.05) is 13.8 Å². The van der Waals surface area contributed by atoms with Crippen LogP contribution < -0.4 is 5.32 Å². The highest BCUT2D eigenvalue weighted by Crippen LogP contribution is 2.30. The van der Waals surface area contributed by atoms with Crippen LogP contribution >= 0.6 is 0 Å². The Balaban J connectivity index is 1.63. The first-order valence-electron chi connectivity index (χ1n) is 7.30. The second-order valence-electron chi connectivity index (χ2n) is 5.70. The van der Waals surface area contributed by atoms with Crippen LogP contribution in [0.3, 0.4) is 0 Å². The zero-order valence-corrected chi connectivity index (χ0v) is 11.0. The van der Waals surface area contributed by atoms with Crippen molar-refractivity contribution in [1.29, 1.82) is 0 Å². The summed E-state index contributed by atoms with van der Waals surface area (Å²) >= 11 is 0. The van der Waals surface area contributed by atoms with Crippen LogP contribution in [-0.4, -0.2) is 36.6 Å². The molecular weight excluding hydrogens is 196 g/mol. The molecule has 0 spiro atoms. The highest BCUT2D eigenvalue weighted by Gasteiger charge is 2.27. The van der Waals surface area contributed by atoms with E-state index in [2.05, 4.69) is 24.1 Å². The Kier molecular flexibility index (Phi) is 4.66. The molecule has 2 aliphatic rings. The fourth-order valence-electron chi connectivity index (χ4n) is 2.81. The molecule has 1 saturated carbocycles. The molecule has 0 unspecified atom stereocenters. The Morgan fingerprint density at radius 1 is 1.06 bits per heavy atom. The number of nitrogens with one attached hydrogen (secondary N) is 1. The second kappa shape index (κ2) is 6.02. The van der Waals surface area contributed by atoms with Crippen LogP contribution in [0.1, 0.15) is 52.4 Å². The van der Waals surface area contributed by atoms with Crippen LogP contribution in [-0.2, 0) is 0 Å². The molecular formula is C14H28N2. The number of hydrogen-bond donors (Lipinski definition) is 1. The molecule has 1 N–H and O–H groups in total. The summed E-state index contributed by atoms with van der Waals surface area (Å²) in [5, 5.41) is 3.82. The summed E-state index contributed by atoms with van der Waals surface area (Å²) in [5.41, 5.74) is 0. The van der Waals surface area contributed by atoms with Crippen LogP contribution in [0.5, 0.6) is 0 Å². The molecule has 0 amide bonds. The molecule has 16 heavy (non-hydrogen) atoms. The van der Waals surface area contributed by atoms with E-state index in [-0.39, 0.29) is 0 Å². The summed E-state index contributed by atoms with van der Waals surface area (Å²) in [6, 6.07) is 1.54. The van der Waals surface area contributed by atoms with Gasteiger partial charge in [-0.2, -0.15) is 0 Å². The van der Waals surface area contributed by atoms with Gasteiger partial charge in [0.2, 0.25) is 0 Å². The van der Waals surface area contributed by atoms with Crippen molar-refractivity contribution in [3.63, 3.8) is 0 Å². The maximum Gasteiger partial charge on any atom is 0.00939 e. The van der Waals surface area contributed by atoms with E-state index in [4.69, 9.17) is 0 Å². The maximum atomic E-state index is 3.82. The Morgan fingerprint density at radius 2 is 1.69 bits per heavy atom. The van der Waals surface area contributed by atoms with E-state index in [0.717, 1.165) is 18.0 Å². The van der Waals surface area contributed by atoms with Crippen LogP contribution in [0.2, 0.25) is 0 Å². The molecule has 0 aromatic heterocycles. The van der Waals surface area contributed by atoms with Crippen LogP contribution in [0.25, 0.3) is 0 Å². The smallest absolute Gasteiger partial charge is 0.00939 e. The van der Waals surface area contributed by atoms with Crippen molar-refractivity contribution >= 4 is 0 Å². The minimum absolute atomic E-state index is 0.750. The summed E-state index contributed by atoms with van der Waals surface area (Å²) in [7, 11) is 0. The van der Waals surface area contributed by atoms with Gasteiger partial charge >= 0.3 is 0 Å². The van der Waals surface area contributed by atoms with Crippen molar-refractivity contribution in [1.82, 2.24) is 10.2 Å². The molecule has 94 valence electrons. The van der Waals surface area contributed by atoms with Gasteiger partial charge in [0, 0.05) is 18.6 Å². The number of piperidine rings is 1.